The van der Waals surface area contributed by atoms with E-state index in [0.29, 0.717) is 5.92 Å². The molecular formula is C16H24N2O2. The van der Waals surface area contributed by atoms with Crippen molar-refractivity contribution in [2.45, 2.75) is 38.3 Å². The van der Waals surface area contributed by atoms with Crippen molar-refractivity contribution in [2.75, 3.05) is 20.1 Å². The van der Waals surface area contributed by atoms with Crippen molar-refractivity contribution in [3.8, 4) is 0 Å². The Morgan fingerprint density at radius 3 is 2.50 bits per heavy atom. The van der Waals surface area contributed by atoms with E-state index in [0.717, 1.165) is 13.1 Å². The van der Waals surface area contributed by atoms with Crippen LogP contribution in [-0.4, -0.2) is 42.8 Å². The van der Waals surface area contributed by atoms with Gasteiger partial charge in [-0.2, -0.15) is 0 Å². The van der Waals surface area contributed by atoms with Crippen LogP contribution in [-0.2, 0) is 4.74 Å². The SMILES string of the molecule is CN1C[C@H](NC(=O)OC(C)(C)C)[C@@H](c2ccccc2)C1. The van der Waals surface area contributed by atoms with E-state index in [4.69, 9.17) is 4.74 Å². The first-order chi connectivity index (χ1) is 9.35. The van der Waals surface area contributed by atoms with Gasteiger partial charge in [0.2, 0.25) is 0 Å². The van der Waals surface area contributed by atoms with Gasteiger partial charge >= 0.3 is 6.09 Å². The minimum absolute atomic E-state index is 0.0947. The van der Waals surface area contributed by atoms with Gasteiger partial charge in [0.25, 0.3) is 0 Å². The molecule has 1 N–H and O–H groups in total. The number of nitrogens with one attached hydrogen (secondary N) is 1. The van der Waals surface area contributed by atoms with Gasteiger partial charge < -0.3 is 15.0 Å². The van der Waals surface area contributed by atoms with Gasteiger partial charge in [-0.05, 0) is 33.4 Å². The number of alkyl carbamates (subject to hydrolysis) is 1. The molecule has 1 aromatic rings. The smallest absolute Gasteiger partial charge is 0.407 e. The molecule has 2 atom stereocenters. The summed E-state index contributed by atoms with van der Waals surface area (Å²) in [4.78, 5) is 14.2. The predicted molar refractivity (Wildman–Crippen MR) is 79.8 cm³/mol. The fraction of sp³-hybridized carbons (Fsp3) is 0.562. The zero-order valence-corrected chi connectivity index (χ0v) is 12.7. The lowest BCUT2D eigenvalue weighted by atomic mass is 9.94. The van der Waals surface area contributed by atoms with Crippen molar-refractivity contribution in [1.82, 2.24) is 10.2 Å². The fourth-order valence-corrected chi connectivity index (χ4v) is 2.64. The van der Waals surface area contributed by atoms with Crippen LogP contribution in [0.2, 0.25) is 0 Å². The van der Waals surface area contributed by atoms with Crippen LogP contribution in [0.15, 0.2) is 30.3 Å². The van der Waals surface area contributed by atoms with Gasteiger partial charge in [-0.1, -0.05) is 30.3 Å². The van der Waals surface area contributed by atoms with Gasteiger partial charge in [-0.15, -0.1) is 0 Å². The van der Waals surface area contributed by atoms with Gasteiger partial charge in [0, 0.05) is 19.0 Å². The number of ether oxygens (including phenoxy) is 1. The lowest BCUT2D eigenvalue weighted by molar-refractivity contribution is 0.0503. The monoisotopic (exact) mass is 276 g/mol. The molecule has 110 valence electrons. The number of hydrogen-bond acceptors (Lipinski definition) is 3. The van der Waals surface area contributed by atoms with E-state index in [9.17, 15) is 4.79 Å². The highest BCUT2D eigenvalue weighted by molar-refractivity contribution is 5.68. The second-order valence-corrected chi connectivity index (χ2v) is 6.49. The minimum atomic E-state index is -0.461. The number of carbonyl (C=O) groups excluding carboxylic acids is 1. The summed E-state index contributed by atoms with van der Waals surface area (Å²) in [6.45, 7) is 7.43. The molecule has 0 aliphatic carbocycles. The maximum Gasteiger partial charge on any atom is 0.407 e. The Bertz CT molecular complexity index is 453. The van der Waals surface area contributed by atoms with Gasteiger partial charge in [0.15, 0.2) is 0 Å². The molecule has 0 aromatic heterocycles. The summed E-state index contributed by atoms with van der Waals surface area (Å²) >= 11 is 0. The van der Waals surface area contributed by atoms with Crippen LogP contribution in [0.5, 0.6) is 0 Å². The molecule has 1 aliphatic rings. The number of hydrogen-bond donors (Lipinski definition) is 1. The first-order valence-corrected chi connectivity index (χ1v) is 7.08. The molecular weight excluding hydrogens is 252 g/mol. The standard InChI is InChI=1S/C16H24N2O2/c1-16(2,3)20-15(19)17-14-11-18(4)10-13(14)12-8-6-5-7-9-12/h5-9,13-14H,10-11H2,1-4H3,(H,17,19)/t13-,14+/m1/s1. The second-order valence-electron chi connectivity index (χ2n) is 6.49. The molecule has 0 unspecified atom stereocenters. The third-order valence-corrected chi connectivity index (χ3v) is 3.43. The zero-order chi connectivity index (χ0) is 14.8. The van der Waals surface area contributed by atoms with Crippen LogP contribution < -0.4 is 5.32 Å². The first kappa shape index (κ1) is 14.9. The summed E-state index contributed by atoms with van der Waals surface area (Å²) in [5.41, 5.74) is 0.800. The van der Waals surface area contributed by atoms with Gasteiger partial charge in [0.1, 0.15) is 5.60 Å². The summed E-state index contributed by atoms with van der Waals surface area (Å²) in [6, 6.07) is 10.4. The summed E-state index contributed by atoms with van der Waals surface area (Å²) in [5.74, 6) is 0.314. The van der Waals surface area contributed by atoms with E-state index < -0.39 is 5.60 Å². The number of rotatable bonds is 2. The zero-order valence-electron chi connectivity index (χ0n) is 12.7. The number of carbonyl (C=O) groups is 1. The second kappa shape index (κ2) is 5.83. The molecule has 1 aromatic carbocycles. The number of likely N-dealkylation sites (tertiary alicyclic amines) is 1. The molecule has 0 bridgehead atoms. The highest BCUT2D eigenvalue weighted by Crippen LogP contribution is 2.26. The molecule has 1 saturated heterocycles. The topological polar surface area (TPSA) is 41.6 Å². The van der Waals surface area contributed by atoms with Gasteiger partial charge in [-0.3, -0.25) is 0 Å². The number of nitrogens with zero attached hydrogens (tertiary/aromatic N) is 1. The van der Waals surface area contributed by atoms with Crippen LogP contribution in [0.25, 0.3) is 0 Å². The van der Waals surface area contributed by atoms with Crippen LogP contribution >= 0.6 is 0 Å². The molecule has 4 heteroatoms. The largest absolute Gasteiger partial charge is 0.444 e. The molecule has 0 saturated carbocycles. The maximum absolute atomic E-state index is 11.9. The van der Waals surface area contributed by atoms with E-state index in [1.165, 1.54) is 5.56 Å². The molecule has 0 spiro atoms. The van der Waals surface area contributed by atoms with Crippen molar-refractivity contribution in [1.29, 1.82) is 0 Å². The van der Waals surface area contributed by atoms with Crippen LogP contribution in [0.1, 0.15) is 32.3 Å². The summed E-state index contributed by atoms with van der Waals surface area (Å²) in [7, 11) is 2.08. The highest BCUT2D eigenvalue weighted by atomic mass is 16.6. The quantitative estimate of drug-likeness (QED) is 0.903. The molecule has 1 fully saturated rings. The first-order valence-electron chi connectivity index (χ1n) is 7.08. The predicted octanol–water partition coefficient (Wildman–Crippen LogP) is 2.61. The molecule has 1 heterocycles. The molecule has 1 amide bonds. The number of likely N-dealkylation sites (N-methyl/N-ethyl adjacent to an activating group) is 1. The highest BCUT2D eigenvalue weighted by Gasteiger charge is 2.33. The van der Waals surface area contributed by atoms with E-state index in [1.807, 2.05) is 39.0 Å². The number of amides is 1. The lowest BCUT2D eigenvalue weighted by Crippen LogP contribution is -2.42. The van der Waals surface area contributed by atoms with E-state index >= 15 is 0 Å². The summed E-state index contributed by atoms with van der Waals surface area (Å²) < 4.78 is 5.35. The minimum Gasteiger partial charge on any atom is -0.444 e. The van der Waals surface area contributed by atoms with Crippen LogP contribution in [0.4, 0.5) is 4.79 Å². The Kier molecular flexibility index (Phi) is 4.33. The van der Waals surface area contributed by atoms with Crippen molar-refractivity contribution < 1.29 is 9.53 Å². The Balaban J connectivity index is 2.04. The van der Waals surface area contributed by atoms with Crippen molar-refractivity contribution in [3.63, 3.8) is 0 Å². The van der Waals surface area contributed by atoms with E-state index in [-0.39, 0.29) is 12.1 Å². The fourth-order valence-electron chi connectivity index (χ4n) is 2.64. The molecule has 4 nitrogen and oxygen atoms in total. The lowest BCUT2D eigenvalue weighted by Gasteiger charge is -2.24. The Morgan fingerprint density at radius 1 is 1.25 bits per heavy atom. The Labute approximate surface area is 121 Å². The Morgan fingerprint density at radius 2 is 1.90 bits per heavy atom. The normalized spacial score (nSPS) is 23.6. The molecule has 20 heavy (non-hydrogen) atoms. The van der Waals surface area contributed by atoms with E-state index in [1.54, 1.807) is 0 Å². The van der Waals surface area contributed by atoms with Crippen molar-refractivity contribution >= 4 is 6.09 Å². The van der Waals surface area contributed by atoms with Crippen molar-refractivity contribution in [3.05, 3.63) is 35.9 Å². The number of benzene rings is 1. The van der Waals surface area contributed by atoms with Crippen LogP contribution in [0.3, 0.4) is 0 Å². The summed E-state index contributed by atoms with van der Waals surface area (Å²) in [5, 5.41) is 3.01. The molecule has 0 radical (unpaired) electrons. The Hall–Kier alpha value is -1.55. The van der Waals surface area contributed by atoms with Crippen LogP contribution in [0, 0.1) is 0 Å². The maximum atomic E-state index is 11.9. The van der Waals surface area contributed by atoms with E-state index in [2.05, 4.69) is 29.4 Å². The molecule has 1 aliphatic heterocycles. The van der Waals surface area contributed by atoms with Gasteiger partial charge in [-0.25, -0.2) is 4.79 Å². The third-order valence-electron chi connectivity index (χ3n) is 3.43. The summed E-state index contributed by atoms with van der Waals surface area (Å²) in [6.07, 6.45) is -0.335. The van der Waals surface area contributed by atoms with Crippen molar-refractivity contribution in [2.24, 2.45) is 0 Å². The average molecular weight is 276 g/mol. The third kappa shape index (κ3) is 3.97. The average Bonchev–Trinajstić information content (AvgIpc) is 2.68. The molecule has 2 rings (SSSR count). The van der Waals surface area contributed by atoms with Gasteiger partial charge in [0.05, 0.1) is 6.04 Å².